The van der Waals surface area contributed by atoms with Gasteiger partial charge in [-0.3, -0.25) is 4.98 Å². The molecular formula is C11H9N. The van der Waals surface area contributed by atoms with E-state index < -0.39 is 0 Å². The molecule has 0 bridgehead atoms. The lowest BCUT2D eigenvalue weighted by Crippen LogP contribution is -2.25. The van der Waals surface area contributed by atoms with Crippen molar-refractivity contribution in [3.05, 3.63) is 41.0 Å². The molecule has 1 aromatic carbocycles. The highest BCUT2D eigenvalue weighted by Crippen LogP contribution is 2.04. The van der Waals surface area contributed by atoms with Crippen molar-refractivity contribution in [2.24, 2.45) is 0 Å². The van der Waals surface area contributed by atoms with Gasteiger partial charge in [-0.05, 0) is 5.39 Å². The molecule has 0 atom stereocenters. The van der Waals surface area contributed by atoms with Gasteiger partial charge in [-0.25, -0.2) is 0 Å². The van der Waals surface area contributed by atoms with Gasteiger partial charge in [-0.1, -0.05) is 37.4 Å². The van der Waals surface area contributed by atoms with Gasteiger partial charge in [0.1, 0.15) is 0 Å². The SMILES string of the molecule is C=c1ncc2ccccc2c1=C. The van der Waals surface area contributed by atoms with Crippen molar-refractivity contribution >= 4 is 23.9 Å². The first-order chi connectivity index (χ1) is 5.79. The Kier molecular flexibility index (Phi) is 1.44. The highest BCUT2D eigenvalue weighted by Gasteiger charge is 1.91. The third-order valence-corrected chi connectivity index (χ3v) is 1.99. The van der Waals surface area contributed by atoms with Gasteiger partial charge in [-0.2, -0.15) is 0 Å². The minimum absolute atomic E-state index is 0.758. The van der Waals surface area contributed by atoms with Crippen LogP contribution in [0.25, 0.3) is 23.9 Å². The molecule has 1 heterocycles. The van der Waals surface area contributed by atoms with Gasteiger partial charge >= 0.3 is 0 Å². The zero-order valence-corrected chi connectivity index (χ0v) is 6.75. The van der Waals surface area contributed by atoms with Crippen LogP contribution in [0.4, 0.5) is 0 Å². The minimum atomic E-state index is 0.758. The molecule has 0 amide bonds. The normalized spacial score (nSPS) is 10.3. The maximum Gasteiger partial charge on any atom is 0.0630 e. The van der Waals surface area contributed by atoms with E-state index in [-0.39, 0.29) is 0 Å². The molecule has 0 spiro atoms. The summed E-state index contributed by atoms with van der Waals surface area (Å²) >= 11 is 0. The molecule has 1 aromatic heterocycles. The predicted molar refractivity (Wildman–Crippen MR) is 52.0 cm³/mol. The van der Waals surface area contributed by atoms with Crippen molar-refractivity contribution in [1.82, 2.24) is 4.98 Å². The fourth-order valence-electron chi connectivity index (χ4n) is 1.27. The van der Waals surface area contributed by atoms with Gasteiger partial charge in [0.2, 0.25) is 0 Å². The van der Waals surface area contributed by atoms with Crippen molar-refractivity contribution in [3.63, 3.8) is 0 Å². The molecule has 0 aliphatic rings. The van der Waals surface area contributed by atoms with Crippen LogP contribution in [0.2, 0.25) is 0 Å². The second-order valence-electron chi connectivity index (χ2n) is 2.77. The quantitative estimate of drug-likeness (QED) is 0.554. The monoisotopic (exact) mass is 155 g/mol. The number of nitrogens with zero attached hydrogens (tertiary/aromatic N) is 1. The van der Waals surface area contributed by atoms with Crippen molar-refractivity contribution in [2.45, 2.75) is 0 Å². The van der Waals surface area contributed by atoms with Gasteiger partial charge in [-0.15, -0.1) is 0 Å². The molecule has 0 saturated carbocycles. The lowest BCUT2D eigenvalue weighted by Gasteiger charge is -1.95. The van der Waals surface area contributed by atoms with E-state index in [4.69, 9.17) is 0 Å². The van der Waals surface area contributed by atoms with Crippen molar-refractivity contribution < 1.29 is 0 Å². The van der Waals surface area contributed by atoms with Gasteiger partial charge in [0.05, 0.1) is 5.35 Å². The van der Waals surface area contributed by atoms with Crippen LogP contribution in [0.15, 0.2) is 30.5 Å². The van der Waals surface area contributed by atoms with E-state index in [1.165, 1.54) is 0 Å². The highest BCUT2D eigenvalue weighted by molar-refractivity contribution is 5.81. The third kappa shape index (κ3) is 0.909. The molecule has 0 aliphatic carbocycles. The van der Waals surface area contributed by atoms with Crippen LogP contribution in [0.1, 0.15) is 0 Å². The lowest BCUT2D eigenvalue weighted by molar-refractivity contribution is 1.27. The fraction of sp³-hybridized carbons (Fsp3) is 0. The Bertz CT molecular complexity index is 514. The standard InChI is InChI=1S/C11H9N/c1-8-9(2)12-7-10-5-3-4-6-11(8)10/h3-7H,1-2H2. The summed E-state index contributed by atoms with van der Waals surface area (Å²) in [7, 11) is 0. The molecule has 12 heavy (non-hydrogen) atoms. The second kappa shape index (κ2) is 2.45. The molecule has 0 aliphatic heterocycles. The Hall–Kier alpha value is -1.63. The van der Waals surface area contributed by atoms with Crippen LogP contribution in [-0.4, -0.2) is 4.98 Å². The van der Waals surface area contributed by atoms with Crippen molar-refractivity contribution in [1.29, 1.82) is 0 Å². The molecule has 1 heteroatoms. The third-order valence-electron chi connectivity index (χ3n) is 1.99. The number of aromatic nitrogens is 1. The first-order valence-electron chi connectivity index (χ1n) is 3.80. The number of hydrogen-bond acceptors (Lipinski definition) is 1. The zero-order chi connectivity index (χ0) is 8.55. The maximum absolute atomic E-state index is 4.13. The number of hydrogen-bond donors (Lipinski definition) is 0. The van der Waals surface area contributed by atoms with Crippen LogP contribution in [-0.2, 0) is 0 Å². The van der Waals surface area contributed by atoms with Crippen molar-refractivity contribution in [3.8, 4) is 0 Å². The summed E-state index contributed by atoms with van der Waals surface area (Å²) in [6.45, 7) is 7.72. The van der Waals surface area contributed by atoms with E-state index in [9.17, 15) is 0 Å². The van der Waals surface area contributed by atoms with Gasteiger partial charge in [0, 0.05) is 16.8 Å². The Morgan fingerprint density at radius 2 is 1.83 bits per heavy atom. The van der Waals surface area contributed by atoms with E-state index in [2.05, 4.69) is 18.1 Å². The van der Waals surface area contributed by atoms with E-state index in [1.807, 2.05) is 30.5 Å². The summed E-state index contributed by atoms with van der Waals surface area (Å²) in [6, 6.07) is 8.05. The van der Waals surface area contributed by atoms with Crippen LogP contribution in [0, 0.1) is 0 Å². The molecule has 58 valence electrons. The second-order valence-corrected chi connectivity index (χ2v) is 2.77. The summed E-state index contributed by atoms with van der Waals surface area (Å²) in [4.78, 5) is 4.13. The summed E-state index contributed by atoms with van der Waals surface area (Å²) in [6.07, 6.45) is 1.83. The molecular weight excluding hydrogens is 146 g/mol. The molecule has 2 rings (SSSR count). The Balaban J connectivity index is 3.11. The van der Waals surface area contributed by atoms with E-state index in [1.54, 1.807) is 0 Å². The molecule has 0 unspecified atom stereocenters. The van der Waals surface area contributed by atoms with Crippen LogP contribution < -0.4 is 10.6 Å². The van der Waals surface area contributed by atoms with Crippen LogP contribution in [0.5, 0.6) is 0 Å². The largest absolute Gasteiger partial charge is 0.256 e. The number of rotatable bonds is 0. The summed E-state index contributed by atoms with van der Waals surface area (Å²) in [5.41, 5.74) is 0. The minimum Gasteiger partial charge on any atom is -0.256 e. The lowest BCUT2D eigenvalue weighted by atomic mass is 10.1. The molecule has 0 N–H and O–H groups in total. The topological polar surface area (TPSA) is 12.9 Å². The number of pyridine rings is 1. The molecule has 0 fully saturated rings. The molecule has 2 aromatic rings. The Labute approximate surface area is 70.7 Å². The van der Waals surface area contributed by atoms with Crippen LogP contribution in [0.3, 0.4) is 0 Å². The number of benzene rings is 1. The van der Waals surface area contributed by atoms with E-state index >= 15 is 0 Å². The van der Waals surface area contributed by atoms with Gasteiger partial charge in [0.25, 0.3) is 0 Å². The van der Waals surface area contributed by atoms with E-state index in [0.717, 1.165) is 21.3 Å². The molecule has 0 saturated heterocycles. The van der Waals surface area contributed by atoms with Crippen molar-refractivity contribution in [2.75, 3.05) is 0 Å². The maximum atomic E-state index is 4.13. The summed E-state index contributed by atoms with van der Waals surface area (Å²) in [5.74, 6) is 0. The Morgan fingerprint density at radius 1 is 1.08 bits per heavy atom. The first kappa shape index (κ1) is 7.04. The summed E-state index contributed by atoms with van der Waals surface area (Å²) < 4.78 is 0. The highest BCUT2D eigenvalue weighted by atomic mass is 14.6. The fourth-order valence-corrected chi connectivity index (χ4v) is 1.27. The zero-order valence-electron chi connectivity index (χ0n) is 6.75. The molecule has 1 nitrogen and oxygen atoms in total. The van der Waals surface area contributed by atoms with Gasteiger partial charge < -0.3 is 0 Å². The van der Waals surface area contributed by atoms with Gasteiger partial charge in [0.15, 0.2) is 0 Å². The first-order valence-corrected chi connectivity index (χ1v) is 3.80. The smallest absolute Gasteiger partial charge is 0.0630 e. The van der Waals surface area contributed by atoms with E-state index in [0.29, 0.717) is 0 Å². The summed E-state index contributed by atoms with van der Waals surface area (Å²) in [5, 5.41) is 3.94. The number of fused-ring (bicyclic) bond motifs is 1. The average molecular weight is 155 g/mol. The average Bonchev–Trinajstić information content (AvgIpc) is 2.12. The predicted octanol–water partition coefficient (Wildman–Crippen LogP) is 1.06. The molecule has 0 radical (unpaired) electrons. The Morgan fingerprint density at radius 3 is 2.67 bits per heavy atom. The van der Waals surface area contributed by atoms with Crippen LogP contribution >= 0.6 is 0 Å².